The van der Waals surface area contributed by atoms with Crippen molar-refractivity contribution >= 4 is 47.1 Å². The molecule has 0 spiro atoms. The van der Waals surface area contributed by atoms with Crippen molar-refractivity contribution in [2.45, 2.75) is 19.1 Å². The number of carbonyl (C=O) groups is 2. The molecule has 0 saturated carbocycles. The molecular weight excluding hydrogens is 425 g/mol. The Bertz CT molecular complexity index is 1110. The molecule has 0 aromatic heterocycles. The average molecular weight is 443 g/mol. The summed E-state index contributed by atoms with van der Waals surface area (Å²) in [5.41, 5.74) is 2.06. The Morgan fingerprint density at radius 3 is 2.60 bits per heavy atom. The van der Waals surface area contributed by atoms with Gasteiger partial charge in [0.25, 0.3) is 0 Å². The quantitative estimate of drug-likeness (QED) is 0.653. The third-order valence-corrected chi connectivity index (χ3v) is 5.57. The number of hydrogen-bond donors (Lipinski definition) is 0. The molecule has 3 amide bonds. The second-order valence-electron chi connectivity index (χ2n) is 6.86. The van der Waals surface area contributed by atoms with Gasteiger partial charge in [-0.3, -0.25) is 4.99 Å². The van der Waals surface area contributed by atoms with Crippen molar-refractivity contribution in [3.63, 3.8) is 0 Å². The van der Waals surface area contributed by atoms with Crippen molar-refractivity contribution < 1.29 is 18.9 Å². The van der Waals surface area contributed by atoms with Gasteiger partial charge in [-0.25, -0.2) is 4.79 Å². The molecule has 2 aliphatic heterocycles. The van der Waals surface area contributed by atoms with Crippen molar-refractivity contribution in [3.05, 3.63) is 75.8 Å². The lowest BCUT2D eigenvalue weighted by molar-refractivity contribution is -0.455. The minimum atomic E-state index is -0.767. The van der Waals surface area contributed by atoms with Crippen LogP contribution in [0.3, 0.4) is 0 Å². The molecule has 0 N–H and O–H groups in total. The lowest BCUT2D eigenvalue weighted by Gasteiger charge is -2.26. The van der Waals surface area contributed by atoms with E-state index in [2.05, 4.69) is 4.99 Å². The first-order valence-corrected chi connectivity index (χ1v) is 10.00. The maximum absolute atomic E-state index is 13.3. The first kappa shape index (κ1) is 20.3. The number of carbonyl (C=O) groups excluding carboxylic acids is 2. The van der Waals surface area contributed by atoms with E-state index >= 15 is 0 Å². The largest absolute Gasteiger partial charge is 0.501 e. The fraction of sp³-hybridized carbons (Fsp3) is 0.182. The molecule has 1 atom stereocenters. The summed E-state index contributed by atoms with van der Waals surface area (Å²) in [4.78, 5) is 31.9. The van der Waals surface area contributed by atoms with Crippen LogP contribution in [0.25, 0.3) is 0 Å². The molecule has 2 aromatic rings. The average Bonchev–Trinajstić information content (AvgIpc) is 2.76. The Hall–Kier alpha value is -2.96. The maximum atomic E-state index is 13.3. The number of halogens is 2. The number of dihydropyridines is 1. The van der Waals surface area contributed by atoms with Gasteiger partial charge >= 0.3 is 11.9 Å². The number of ether oxygens (including phenoxy) is 1. The molecule has 6 nitrogen and oxygen atoms in total. The van der Waals surface area contributed by atoms with Crippen LogP contribution in [0.15, 0.2) is 59.6 Å². The summed E-state index contributed by atoms with van der Waals surface area (Å²) in [7, 11) is 1.58. The van der Waals surface area contributed by atoms with Gasteiger partial charge in [-0.1, -0.05) is 41.4 Å². The van der Waals surface area contributed by atoms with Gasteiger partial charge in [0.05, 0.1) is 7.11 Å². The molecule has 2 aliphatic rings. The highest BCUT2D eigenvalue weighted by Gasteiger charge is 2.47. The lowest BCUT2D eigenvalue weighted by atomic mass is 10.0. The monoisotopic (exact) mass is 442 g/mol. The van der Waals surface area contributed by atoms with Crippen LogP contribution >= 0.6 is 23.2 Å². The second-order valence-corrected chi connectivity index (χ2v) is 7.71. The van der Waals surface area contributed by atoms with Gasteiger partial charge in [-0.2, -0.15) is 14.3 Å². The van der Waals surface area contributed by atoms with Crippen molar-refractivity contribution in [1.29, 1.82) is 0 Å². The predicted molar refractivity (Wildman–Crippen MR) is 116 cm³/mol. The van der Waals surface area contributed by atoms with Gasteiger partial charge in [0.2, 0.25) is 6.04 Å². The molecule has 1 unspecified atom stereocenters. The Morgan fingerprint density at radius 1 is 1.13 bits per heavy atom. The number of methoxy groups -OCH3 is 1. The molecule has 0 aliphatic carbocycles. The van der Waals surface area contributed by atoms with Gasteiger partial charge < -0.3 is 4.74 Å². The van der Waals surface area contributed by atoms with Crippen LogP contribution in [0.5, 0.6) is 5.75 Å². The molecule has 30 heavy (non-hydrogen) atoms. The van der Waals surface area contributed by atoms with E-state index < -0.39 is 12.1 Å². The van der Waals surface area contributed by atoms with Crippen molar-refractivity contribution in [3.8, 4) is 5.75 Å². The number of hydrogen-bond acceptors (Lipinski definition) is 4. The van der Waals surface area contributed by atoms with Crippen LogP contribution in [-0.4, -0.2) is 46.5 Å². The van der Waals surface area contributed by atoms with E-state index in [1.165, 1.54) is 9.48 Å². The predicted octanol–water partition coefficient (Wildman–Crippen LogP) is 4.13. The minimum absolute atomic E-state index is 0.134. The minimum Gasteiger partial charge on any atom is -0.497 e. The highest BCUT2D eigenvalue weighted by Crippen LogP contribution is 2.25. The lowest BCUT2D eigenvalue weighted by Crippen LogP contribution is -2.56. The molecular formula is C22H18Cl2N3O3+. The summed E-state index contributed by atoms with van der Waals surface area (Å²) in [6.07, 6.45) is 5.02. The highest BCUT2D eigenvalue weighted by molar-refractivity contribution is 6.35. The molecule has 2 aromatic carbocycles. The SMILES string of the molecule is COc1ccc(CN2C(=O)C3N=CC=CC3=[N+](Cc3ccc(Cl)cc3Cl)C2=O)cc1. The molecule has 4 rings (SSSR count). The number of rotatable bonds is 5. The van der Waals surface area contributed by atoms with E-state index in [4.69, 9.17) is 27.9 Å². The van der Waals surface area contributed by atoms with Crippen LogP contribution in [0.4, 0.5) is 4.79 Å². The van der Waals surface area contributed by atoms with Crippen molar-refractivity contribution in [2.75, 3.05) is 7.11 Å². The van der Waals surface area contributed by atoms with Crippen LogP contribution in [-0.2, 0) is 17.9 Å². The topological polar surface area (TPSA) is 62.0 Å². The van der Waals surface area contributed by atoms with Gasteiger partial charge in [0.15, 0.2) is 0 Å². The van der Waals surface area contributed by atoms with Gasteiger partial charge in [-0.05, 0) is 42.0 Å². The number of urea groups is 1. The summed E-state index contributed by atoms with van der Waals surface area (Å²) < 4.78 is 6.71. The first-order chi connectivity index (χ1) is 14.5. The number of fused-ring (bicyclic) bond motifs is 1. The molecule has 152 valence electrons. The van der Waals surface area contributed by atoms with E-state index in [1.807, 2.05) is 12.1 Å². The zero-order valence-electron chi connectivity index (χ0n) is 16.1. The number of imide groups is 1. The van der Waals surface area contributed by atoms with Crippen molar-refractivity contribution in [1.82, 2.24) is 4.90 Å². The fourth-order valence-corrected chi connectivity index (χ4v) is 3.88. The third-order valence-electron chi connectivity index (χ3n) is 4.99. The van der Waals surface area contributed by atoms with Crippen LogP contribution in [0.2, 0.25) is 10.0 Å². The molecule has 0 fully saturated rings. The van der Waals surface area contributed by atoms with E-state index in [-0.39, 0.29) is 19.0 Å². The first-order valence-electron chi connectivity index (χ1n) is 9.24. The smallest absolute Gasteiger partial charge is 0.497 e. The molecule has 0 saturated heterocycles. The van der Waals surface area contributed by atoms with Crippen molar-refractivity contribution in [2.24, 2.45) is 4.99 Å². The van der Waals surface area contributed by atoms with Gasteiger partial charge in [-0.15, -0.1) is 0 Å². The standard InChI is InChI=1S/C22H18Cl2N3O3/c1-30-17-8-4-14(5-9-17)12-27-21(28)20-19(3-2-10-25-20)26(22(27)29)13-15-6-7-16(23)11-18(15)24/h2-11,20H,12-13H2,1H3/q+1. The van der Waals surface area contributed by atoms with Gasteiger partial charge in [0.1, 0.15) is 24.6 Å². The molecule has 2 heterocycles. The summed E-state index contributed by atoms with van der Waals surface area (Å²) >= 11 is 12.3. The number of allylic oxidation sites excluding steroid dienone is 1. The third kappa shape index (κ3) is 3.88. The Kier molecular flexibility index (Phi) is 5.70. The van der Waals surface area contributed by atoms with E-state index in [9.17, 15) is 9.59 Å². The highest BCUT2D eigenvalue weighted by atomic mass is 35.5. The Balaban J connectivity index is 1.69. The summed E-state index contributed by atoms with van der Waals surface area (Å²) in [6, 6.07) is 11.2. The summed E-state index contributed by atoms with van der Waals surface area (Å²) in [6.45, 7) is 0.336. The van der Waals surface area contributed by atoms with E-state index in [0.717, 1.165) is 11.1 Å². The Morgan fingerprint density at radius 2 is 1.90 bits per heavy atom. The zero-order chi connectivity index (χ0) is 21.3. The van der Waals surface area contributed by atoms with Crippen LogP contribution < -0.4 is 4.74 Å². The second kappa shape index (κ2) is 8.42. The molecule has 0 radical (unpaired) electrons. The Labute approximate surface area is 183 Å². The number of nitrogens with zero attached hydrogens (tertiary/aromatic N) is 3. The van der Waals surface area contributed by atoms with Crippen LogP contribution in [0.1, 0.15) is 11.1 Å². The van der Waals surface area contributed by atoms with Gasteiger partial charge in [0, 0.05) is 21.8 Å². The number of benzene rings is 2. The normalized spacial score (nSPS) is 18.1. The fourth-order valence-electron chi connectivity index (χ4n) is 3.41. The molecule has 8 heteroatoms. The number of amides is 3. The van der Waals surface area contributed by atoms with E-state index in [1.54, 1.807) is 55.8 Å². The van der Waals surface area contributed by atoms with Crippen LogP contribution in [0, 0.1) is 0 Å². The summed E-state index contributed by atoms with van der Waals surface area (Å²) in [5.74, 6) is 0.344. The molecule has 0 bridgehead atoms. The maximum Gasteiger partial charge on any atom is 0.501 e. The zero-order valence-corrected chi connectivity index (χ0v) is 17.6. The number of aliphatic imine (C=N–C) groups is 1. The van der Waals surface area contributed by atoms with E-state index in [0.29, 0.717) is 21.5 Å². The summed E-state index contributed by atoms with van der Waals surface area (Å²) in [5, 5.41) is 0.965.